The molecule has 1 aromatic rings. The lowest BCUT2D eigenvalue weighted by Gasteiger charge is -2.14. The van der Waals surface area contributed by atoms with Gasteiger partial charge in [-0.3, -0.25) is 0 Å². The zero-order valence-corrected chi connectivity index (χ0v) is 9.04. The van der Waals surface area contributed by atoms with Gasteiger partial charge in [0.2, 0.25) is 0 Å². The van der Waals surface area contributed by atoms with Crippen molar-refractivity contribution in [1.82, 2.24) is 0 Å². The van der Waals surface area contributed by atoms with Gasteiger partial charge in [-0.05, 0) is 30.0 Å². The molecule has 1 unspecified atom stereocenters. The second-order valence-electron chi connectivity index (χ2n) is 3.80. The van der Waals surface area contributed by atoms with Gasteiger partial charge in [0.15, 0.2) is 0 Å². The maximum atomic E-state index is 2.27. The van der Waals surface area contributed by atoms with Crippen LogP contribution in [0.1, 0.15) is 31.7 Å². The van der Waals surface area contributed by atoms with Crippen LogP contribution in [-0.4, -0.2) is 14.1 Å². The standard InChI is InChI=1S/C12H19N/c1-5-10(2)11-6-8-12(9-7-11)13(3)4/h6-10H,5H2,1-4H3. The predicted molar refractivity (Wildman–Crippen MR) is 59.5 cm³/mol. The Morgan fingerprint density at radius 3 is 2.08 bits per heavy atom. The number of benzene rings is 1. The molecular weight excluding hydrogens is 158 g/mol. The summed E-state index contributed by atoms with van der Waals surface area (Å²) in [4.78, 5) is 2.13. The molecule has 0 aromatic heterocycles. The highest BCUT2D eigenvalue weighted by Gasteiger charge is 2.02. The van der Waals surface area contributed by atoms with Crippen molar-refractivity contribution in [3.63, 3.8) is 0 Å². The Hall–Kier alpha value is -0.980. The van der Waals surface area contributed by atoms with Gasteiger partial charge in [0.25, 0.3) is 0 Å². The first-order valence-corrected chi connectivity index (χ1v) is 4.92. The summed E-state index contributed by atoms with van der Waals surface area (Å²) in [7, 11) is 4.14. The smallest absolute Gasteiger partial charge is 0.0361 e. The summed E-state index contributed by atoms with van der Waals surface area (Å²) >= 11 is 0. The van der Waals surface area contributed by atoms with Crippen molar-refractivity contribution in [2.24, 2.45) is 0 Å². The first kappa shape index (κ1) is 10.1. The summed E-state index contributed by atoms with van der Waals surface area (Å²) in [6.45, 7) is 4.50. The summed E-state index contributed by atoms with van der Waals surface area (Å²) in [6, 6.07) is 8.82. The molecule has 1 rings (SSSR count). The summed E-state index contributed by atoms with van der Waals surface area (Å²) in [5.41, 5.74) is 2.71. The van der Waals surface area contributed by atoms with Crippen molar-refractivity contribution >= 4 is 5.69 Å². The van der Waals surface area contributed by atoms with Gasteiger partial charge in [0.05, 0.1) is 0 Å². The molecule has 0 aliphatic rings. The summed E-state index contributed by atoms with van der Waals surface area (Å²) < 4.78 is 0. The molecule has 13 heavy (non-hydrogen) atoms. The second-order valence-corrected chi connectivity index (χ2v) is 3.80. The molecule has 0 heterocycles. The third-order valence-corrected chi connectivity index (χ3v) is 2.59. The van der Waals surface area contributed by atoms with Gasteiger partial charge in [-0.15, -0.1) is 0 Å². The Balaban J connectivity index is 2.81. The third kappa shape index (κ3) is 2.48. The SMILES string of the molecule is CCC(C)c1ccc(N(C)C)cc1. The maximum Gasteiger partial charge on any atom is 0.0361 e. The fraction of sp³-hybridized carbons (Fsp3) is 0.500. The Morgan fingerprint density at radius 2 is 1.69 bits per heavy atom. The summed E-state index contributed by atoms with van der Waals surface area (Å²) in [6.07, 6.45) is 1.21. The molecule has 1 nitrogen and oxygen atoms in total. The predicted octanol–water partition coefficient (Wildman–Crippen LogP) is 3.27. The van der Waals surface area contributed by atoms with E-state index in [0.29, 0.717) is 5.92 Å². The molecular formula is C12H19N. The molecule has 0 aliphatic carbocycles. The van der Waals surface area contributed by atoms with Crippen LogP contribution in [0.5, 0.6) is 0 Å². The van der Waals surface area contributed by atoms with Crippen LogP contribution >= 0.6 is 0 Å². The molecule has 0 saturated heterocycles. The normalized spacial score (nSPS) is 12.6. The fourth-order valence-electron chi connectivity index (χ4n) is 1.34. The van der Waals surface area contributed by atoms with E-state index in [1.54, 1.807) is 0 Å². The van der Waals surface area contributed by atoms with Crippen LogP contribution in [0.3, 0.4) is 0 Å². The van der Waals surface area contributed by atoms with E-state index in [1.165, 1.54) is 17.7 Å². The average Bonchev–Trinajstić information content (AvgIpc) is 2.17. The van der Waals surface area contributed by atoms with Crippen molar-refractivity contribution in [2.75, 3.05) is 19.0 Å². The van der Waals surface area contributed by atoms with Gasteiger partial charge in [-0.1, -0.05) is 26.0 Å². The molecule has 0 amide bonds. The number of nitrogens with zero attached hydrogens (tertiary/aromatic N) is 1. The van der Waals surface area contributed by atoms with Crippen molar-refractivity contribution in [1.29, 1.82) is 0 Å². The van der Waals surface area contributed by atoms with Gasteiger partial charge < -0.3 is 4.90 Å². The molecule has 0 fully saturated rings. The lowest BCUT2D eigenvalue weighted by Crippen LogP contribution is -2.08. The van der Waals surface area contributed by atoms with Crippen LogP contribution in [0.15, 0.2) is 24.3 Å². The van der Waals surface area contributed by atoms with Gasteiger partial charge in [0.1, 0.15) is 0 Å². The average molecular weight is 177 g/mol. The van der Waals surface area contributed by atoms with E-state index in [4.69, 9.17) is 0 Å². The second kappa shape index (κ2) is 4.31. The molecule has 1 heteroatoms. The topological polar surface area (TPSA) is 3.24 Å². The van der Waals surface area contributed by atoms with Crippen LogP contribution < -0.4 is 4.90 Å². The highest BCUT2D eigenvalue weighted by molar-refractivity contribution is 5.46. The minimum Gasteiger partial charge on any atom is -0.378 e. The van der Waals surface area contributed by atoms with Crippen LogP contribution in [0, 0.1) is 0 Å². The zero-order valence-electron chi connectivity index (χ0n) is 9.04. The van der Waals surface area contributed by atoms with Crippen LogP contribution in [0.4, 0.5) is 5.69 Å². The molecule has 0 radical (unpaired) electrons. The van der Waals surface area contributed by atoms with Crippen molar-refractivity contribution in [2.45, 2.75) is 26.2 Å². The zero-order chi connectivity index (χ0) is 9.84. The number of hydrogen-bond donors (Lipinski definition) is 0. The minimum absolute atomic E-state index is 0.677. The Kier molecular flexibility index (Phi) is 3.35. The van der Waals surface area contributed by atoms with Gasteiger partial charge in [0, 0.05) is 19.8 Å². The van der Waals surface area contributed by atoms with Crippen LogP contribution in [0.25, 0.3) is 0 Å². The Morgan fingerprint density at radius 1 is 1.15 bits per heavy atom. The van der Waals surface area contributed by atoms with Crippen molar-refractivity contribution < 1.29 is 0 Å². The van der Waals surface area contributed by atoms with Gasteiger partial charge in [-0.25, -0.2) is 0 Å². The molecule has 0 spiro atoms. The lowest BCUT2D eigenvalue weighted by atomic mass is 9.98. The maximum absolute atomic E-state index is 2.27. The van der Waals surface area contributed by atoms with E-state index in [-0.39, 0.29) is 0 Å². The Labute approximate surface area is 81.4 Å². The Bertz CT molecular complexity index is 248. The highest BCUT2D eigenvalue weighted by atomic mass is 15.1. The van der Waals surface area contributed by atoms with Crippen LogP contribution in [0.2, 0.25) is 0 Å². The van der Waals surface area contributed by atoms with E-state index in [2.05, 4.69) is 57.1 Å². The number of anilines is 1. The first-order chi connectivity index (χ1) is 6.15. The molecule has 72 valence electrons. The van der Waals surface area contributed by atoms with E-state index >= 15 is 0 Å². The molecule has 0 N–H and O–H groups in total. The number of hydrogen-bond acceptors (Lipinski definition) is 1. The first-order valence-electron chi connectivity index (χ1n) is 4.92. The van der Waals surface area contributed by atoms with Crippen molar-refractivity contribution in [3.05, 3.63) is 29.8 Å². The summed E-state index contributed by atoms with van der Waals surface area (Å²) in [5, 5.41) is 0. The molecule has 1 atom stereocenters. The highest BCUT2D eigenvalue weighted by Crippen LogP contribution is 2.21. The largest absolute Gasteiger partial charge is 0.378 e. The van der Waals surface area contributed by atoms with E-state index < -0.39 is 0 Å². The number of rotatable bonds is 3. The van der Waals surface area contributed by atoms with Crippen LogP contribution in [-0.2, 0) is 0 Å². The quantitative estimate of drug-likeness (QED) is 0.685. The van der Waals surface area contributed by atoms with Crippen molar-refractivity contribution in [3.8, 4) is 0 Å². The van der Waals surface area contributed by atoms with E-state index in [0.717, 1.165) is 0 Å². The van der Waals surface area contributed by atoms with Gasteiger partial charge >= 0.3 is 0 Å². The third-order valence-electron chi connectivity index (χ3n) is 2.59. The molecule has 0 saturated carbocycles. The molecule has 0 aliphatic heterocycles. The van der Waals surface area contributed by atoms with E-state index in [1.807, 2.05) is 0 Å². The van der Waals surface area contributed by atoms with Gasteiger partial charge in [-0.2, -0.15) is 0 Å². The summed E-state index contributed by atoms with van der Waals surface area (Å²) in [5.74, 6) is 0.677. The molecule has 0 bridgehead atoms. The fourth-order valence-corrected chi connectivity index (χ4v) is 1.34. The monoisotopic (exact) mass is 177 g/mol. The minimum atomic E-state index is 0.677. The van der Waals surface area contributed by atoms with E-state index in [9.17, 15) is 0 Å². The molecule has 1 aromatic carbocycles. The lowest BCUT2D eigenvalue weighted by molar-refractivity contribution is 0.733.